The Bertz CT molecular complexity index is 611. The van der Waals surface area contributed by atoms with Gasteiger partial charge in [-0.05, 0) is 25.1 Å². The number of pyridine rings is 1. The molecule has 0 radical (unpaired) electrons. The summed E-state index contributed by atoms with van der Waals surface area (Å²) in [5.41, 5.74) is 3.52. The van der Waals surface area contributed by atoms with Gasteiger partial charge in [0.2, 0.25) is 0 Å². The smallest absolute Gasteiger partial charge is 0.267 e. The number of aromatic nitrogens is 1. The average Bonchev–Trinajstić information content (AvgIpc) is 2.46. The van der Waals surface area contributed by atoms with E-state index in [0.29, 0.717) is 16.8 Å². The molecule has 4 nitrogen and oxygen atoms in total. The minimum absolute atomic E-state index is 0.356. The molecule has 1 N–H and O–H groups in total. The maximum absolute atomic E-state index is 13.5. The number of hydrogen-bond acceptors (Lipinski definition) is 3. The molecule has 0 atom stereocenters. The number of amides is 1. The summed E-state index contributed by atoms with van der Waals surface area (Å²) in [6.45, 7) is 1.63. The molecule has 0 unspecified atom stereocenters. The van der Waals surface area contributed by atoms with Gasteiger partial charge in [-0.15, -0.1) is 0 Å². The third kappa shape index (κ3) is 3.22. The van der Waals surface area contributed by atoms with Crippen LogP contribution in [0.1, 0.15) is 22.8 Å². The normalized spacial score (nSPS) is 11.2. The zero-order valence-electron chi connectivity index (χ0n) is 10.3. The number of hydrogen-bond donors (Lipinski definition) is 1. The van der Waals surface area contributed by atoms with Gasteiger partial charge in [0.05, 0.1) is 11.3 Å². The molecule has 0 spiro atoms. The van der Waals surface area contributed by atoms with Gasteiger partial charge in [-0.3, -0.25) is 9.78 Å². The van der Waals surface area contributed by atoms with Crippen LogP contribution in [0.3, 0.4) is 0 Å². The monoisotopic (exact) mass is 257 g/mol. The topological polar surface area (TPSA) is 54.4 Å². The van der Waals surface area contributed by atoms with Crippen LogP contribution in [0.5, 0.6) is 0 Å². The van der Waals surface area contributed by atoms with Gasteiger partial charge in [-0.2, -0.15) is 5.10 Å². The molecule has 2 aromatic rings. The summed E-state index contributed by atoms with van der Waals surface area (Å²) in [5.74, 6) is -0.761. The van der Waals surface area contributed by atoms with E-state index in [0.717, 1.165) is 0 Å². The lowest BCUT2D eigenvalue weighted by Gasteiger charge is -2.03. The molecule has 1 aromatic heterocycles. The first kappa shape index (κ1) is 12.9. The SMILES string of the molecule is CC(=NNC(=O)c1cccnc1)c1ccccc1F. The number of hydrazone groups is 1. The number of carbonyl (C=O) groups is 1. The first-order valence-electron chi connectivity index (χ1n) is 5.68. The van der Waals surface area contributed by atoms with Gasteiger partial charge in [-0.25, -0.2) is 9.82 Å². The summed E-state index contributed by atoms with van der Waals surface area (Å²) in [6, 6.07) is 9.53. The summed E-state index contributed by atoms with van der Waals surface area (Å²) < 4.78 is 13.5. The van der Waals surface area contributed by atoms with Crippen molar-refractivity contribution in [2.45, 2.75) is 6.92 Å². The molecule has 5 heteroatoms. The van der Waals surface area contributed by atoms with Crippen molar-refractivity contribution in [2.24, 2.45) is 5.10 Å². The van der Waals surface area contributed by atoms with Crippen LogP contribution in [0.4, 0.5) is 4.39 Å². The van der Waals surface area contributed by atoms with E-state index in [-0.39, 0.29) is 11.7 Å². The second-order valence-electron chi connectivity index (χ2n) is 3.86. The van der Waals surface area contributed by atoms with E-state index < -0.39 is 0 Å². The van der Waals surface area contributed by atoms with Crippen molar-refractivity contribution in [3.63, 3.8) is 0 Å². The van der Waals surface area contributed by atoms with E-state index in [1.807, 2.05) is 0 Å². The number of nitrogens with one attached hydrogen (secondary N) is 1. The molecule has 1 aromatic carbocycles. The third-order valence-corrected chi connectivity index (χ3v) is 2.51. The lowest BCUT2D eigenvalue weighted by Crippen LogP contribution is -2.19. The highest BCUT2D eigenvalue weighted by Gasteiger charge is 2.06. The van der Waals surface area contributed by atoms with Crippen LogP contribution in [0.15, 0.2) is 53.9 Å². The minimum atomic E-state index is -0.385. The van der Waals surface area contributed by atoms with E-state index in [2.05, 4.69) is 15.5 Å². The van der Waals surface area contributed by atoms with E-state index in [1.165, 1.54) is 12.3 Å². The maximum atomic E-state index is 13.5. The third-order valence-electron chi connectivity index (χ3n) is 2.51. The number of nitrogens with zero attached hydrogens (tertiary/aromatic N) is 2. The predicted molar refractivity (Wildman–Crippen MR) is 70.3 cm³/mol. The van der Waals surface area contributed by atoms with Crippen molar-refractivity contribution < 1.29 is 9.18 Å². The van der Waals surface area contributed by atoms with Gasteiger partial charge in [0.15, 0.2) is 0 Å². The Kier molecular flexibility index (Phi) is 3.97. The first-order chi connectivity index (χ1) is 9.18. The Morgan fingerprint density at radius 1 is 1.26 bits per heavy atom. The molecule has 0 saturated carbocycles. The quantitative estimate of drug-likeness (QED) is 0.678. The van der Waals surface area contributed by atoms with Crippen LogP contribution in [0.2, 0.25) is 0 Å². The van der Waals surface area contributed by atoms with Crippen LogP contribution in [0, 0.1) is 5.82 Å². The molecule has 0 bridgehead atoms. The van der Waals surface area contributed by atoms with Crippen molar-refractivity contribution in [3.05, 3.63) is 65.7 Å². The Labute approximate surface area is 110 Å². The fourth-order valence-corrected chi connectivity index (χ4v) is 1.51. The Hall–Kier alpha value is -2.56. The molecule has 0 aliphatic heterocycles. The fourth-order valence-electron chi connectivity index (χ4n) is 1.51. The zero-order valence-corrected chi connectivity index (χ0v) is 10.3. The fraction of sp³-hybridized carbons (Fsp3) is 0.0714. The molecule has 2 rings (SSSR count). The van der Waals surface area contributed by atoms with Crippen LogP contribution in [-0.4, -0.2) is 16.6 Å². The Morgan fingerprint density at radius 2 is 2.05 bits per heavy atom. The summed E-state index contributed by atoms with van der Waals surface area (Å²) in [5, 5.41) is 3.88. The van der Waals surface area contributed by atoms with Crippen LogP contribution < -0.4 is 5.43 Å². The van der Waals surface area contributed by atoms with E-state index in [9.17, 15) is 9.18 Å². The molecule has 0 aliphatic carbocycles. The second kappa shape index (κ2) is 5.86. The highest BCUT2D eigenvalue weighted by Crippen LogP contribution is 2.07. The van der Waals surface area contributed by atoms with Crippen molar-refractivity contribution in [1.29, 1.82) is 0 Å². The molecule has 0 saturated heterocycles. The van der Waals surface area contributed by atoms with Gasteiger partial charge >= 0.3 is 0 Å². The van der Waals surface area contributed by atoms with Crippen molar-refractivity contribution in [1.82, 2.24) is 10.4 Å². The van der Waals surface area contributed by atoms with E-state index in [4.69, 9.17) is 0 Å². The predicted octanol–water partition coefficient (Wildman–Crippen LogP) is 2.37. The summed E-state index contributed by atoms with van der Waals surface area (Å²) in [7, 11) is 0. The van der Waals surface area contributed by atoms with Crippen molar-refractivity contribution >= 4 is 11.6 Å². The van der Waals surface area contributed by atoms with Gasteiger partial charge in [0, 0.05) is 18.0 Å². The summed E-state index contributed by atoms with van der Waals surface area (Å²) >= 11 is 0. The minimum Gasteiger partial charge on any atom is -0.267 e. The van der Waals surface area contributed by atoms with Gasteiger partial charge in [-0.1, -0.05) is 18.2 Å². The Balaban J connectivity index is 2.11. The highest BCUT2D eigenvalue weighted by atomic mass is 19.1. The molecular weight excluding hydrogens is 245 g/mol. The first-order valence-corrected chi connectivity index (χ1v) is 5.68. The van der Waals surface area contributed by atoms with Crippen molar-refractivity contribution in [2.75, 3.05) is 0 Å². The number of carbonyl (C=O) groups excluding carboxylic acids is 1. The lowest BCUT2D eigenvalue weighted by atomic mass is 10.1. The number of benzene rings is 1. The van der Waals surface area contributed by atoms with Crippen LogP contribution >= 0.6 is 0 Å². The standard InChI is InChI=1S/C14H12FN3O/c1-10(12-6-2-3-7-13(12)15)17-18-14(19)11-5-4-8-16-9-11/h2-9H,1H3,(H,18,19). The van der Waals surface area contributed by atoms with E-state index >= 15 is 0 Å². The second-order valence-corrected chi connectivity index (χ2v) is 3.86. The molecule has 1 heterocycles. The van der Waals surface area contributed by atoms with Gasteiger partial charge < -0.3 is 0 Å². The lowest BCUT2D eigenvalue weighted by molar-refractivity contribution is 0.0954. The maximum Gasteiger partial charge on any atom is 0.272 e. The van der Waals surface area contributed by atoms with E-state index in [1.54, 1.807) is 43.5 Å². The van der Waals surface area contributed by atoms with Crippen molar-refractivity contribution in [3.8, 4) is 0 Å². The van der Waals surface area contributed by atoms with Gasteiger partial charge in [0.25, 0.3) is 5.91 Å². The molecule has 96 valence electrons. The largest absolute Gasteiger partial charge is 0.272 e. The summed E-state index contributed by atoms with van der Waals surface area (Å²) in [4.78, 5) is 15.5. The molecular formula is C14H12FN3O. The van der Waals surface area contributed by atoms with Gasteiger partial charge in [0.1, 0.15) is 5.82 Å². The molecule has 0 fully saturated rings. The molecule has 0 aliphatic rings. The average molecular weight is 257 g/mol. The van der Waals surface area contributed by atoms with Crippen LogP contribution in [-0.2, 0) is 0 Å². The molecule has 1 amide bonds. The number of halogens is 1. The van der Waals surface area contributed by atoms with Crippen LogP contribution in [0.25, 0.3) is 0 Å². The zero-order chi connectivity index (χ0) is 13.7. The summed E-state index contributed by atoms with van der Waals surface area (Å²) in [6.07, 6.45) is 3.01. The highest BCUT2D eigenvalue weighted by molar-refractivity contribution is 6.00. The molecule has 19 heavy (non-hydrogen) atoms. The number of rotatable bonds is 3. The Morgan fingerprint density at radius 3 is 2.74 bits per heavy atom.